The van der Waals surface area contributed by atoms with E-state index in [1.54, 1.807) is 24.6 Å². The Balaban J connectivity index is 1.81. The molecule has 25 heavy (non-hydrogen) atoms. The third-order valence-corrected chi connectivity index (χ3v) is 7.01. The van der Waals surface area contributed by atoms with E-state index >= 15 is 0 Å². The van der Waals surface area contributed by atoms with Crippen LogP contribution in [-0.2, 0) is 14.8 Å². The molecule has 0 saturated carbocycles. The molecule has 1 aromatic carbocycles. The molecule has 1 aliphatic rings. The van der Waals surface area contributed by atoms with Crippen LogP contribution in [0.1, 0.15) is 11.6 Å². The molecule has 1 atom stereocenters. The lowest BCUT2D eigenvalue weighted by Gasteiger charge is -2.35. The predicted molar refractivity (Wildman–Crippen MR) is 97.6 cm³/mol. The van der Waals surface area contributed by atoms with Crippen molar-refractivity contribution in [3.63, 3.8) is 0 Å². The Morgan fingerprint density at radius 2 is 2.08 bits per heavy atom. The molecule has 0 amide bonds. The molecular weight excluding hydrogens is 360 g/mol. The number of thiophene rings is 1. The number of methoxy groups -OCH3 is 1. The number of nitrogens with one attached hydrogen (secondary N) is 1. The summed E-state index contributed by atoms with van der Waals surface area (Å²) in [7, 11) is -1.87. The lowest BCUT2D eigenvalue weighted by Crippen LogP contribution is -2.43. The molecule has 136 valence electrons. The van der Waals surface area contributed by atoms with Gasteiger partial charge >= 0.3 is 0 Å². The normalized spacial score (nSPS) is 17.3. The van der Waals surface area contributed by atoms with Crippen LogP contribution < -0.4 is 9.46 Å². The van der Waals surface area contributed by atoms with Crippen molar-refractivity contribution in [2.75, 3.05) is 40.0 Å². The lowest BCUT2D eigenvalue weighted by molar-refractivity contribution is 0.0171. The Bertz CT molecular complexity index is 772. The molecule has 1 N–H and O–H groups in total. The van der Waals surface area contributed by atoms with E-state index in [0.29, 0.717) is 24.0 Å². The molecule has 1 saturated heterocycles. The van der Waals surface area contributed by atoms with E-state index in [-0.39, 0.29) is 6.04 Å². The highest BCUT2D eigenvalue weighted by Crippen LogP contribution is 2.25. The highest BCUT2D eigenvalue weighted by Gasteiger charge is 2.25. The van der Waals surface area contributed by atoms with Gasteiger partial charge in [-0.05, 0) is 29.1 Å². The van der Waals surface area contributed by atoms with Gasteiger partial charge in [-0.15, -0.1) is 11.3 Å². The zero-order valence-corrected chi connectivity index (χ0v) is 15.7. The summed E-state index contributed by atoms with van der Waals surface area (Å²) in [6.45, 7) is 3.13. The quantitative estimate of drug-likeness (QED) is 0.794. The molecule has 0 radical (unpaired) electrons. The predicted octanol–water partition coefficient (Wildman–Crippen LogP) is 2.11. The SMILES string of the molecule is COc1cccc([C@H](CNS(=O)(=O)c2cccs2)N2CCOCC2)c1. The Kier molecular flexibility index (Phi) is 6.08. The number of hydrogen-bond acceptors (Lipinski definition) is 6. The van der Waals surface area contributed by atoms with E-state index < -0.39 is 10.0 Å². The number of nitrogens with zero attached hydrogens (tertiary/aromatic N) is 1. The van der Waals surface area contributed by atoms with Gasteiger partial charge in [0, 0.05) is 25.7 Å². The maximum absolute atomic E-state index is 12.5. The van der Waals surface area contributed by atoms with Crippen molar-refractivity contribution in [2.24, 2.45) is 0 Å². The minimum absolute atomic E-state index is 0.0752. The number of rotatable bonds is 7. The first-order valence-electron chi connectivity index (χ1n) is 8.09. The fourth-order valence-corrected chi connectivity index (χ4v) is 4.95. The molecule has 0 spiro atoms. The van der Waals surface area contributed by atoms with Crippen LogP contribution in [0.5, 0.6) is 5.75 Å². The van der Waals surface area contributed by atoms with E-state index in [2.05, 4.69) is 9.62 Å². The standard InChI is InChI=1S/C17H22N2O4S2/c1-22-15-5-2-4-14(12-15)16(19-7-9-23-10-8-19)13-18-25(20,21)17-6-3-11-24-17/h2-6,11-12,16,18H,7-10,13H2,1H3/t16-/m0/s1. The van der Waals surface area contributed by atoms with Gasteiger partial charge in [0.05, 0.1) is 20.3 Å². The first-order valence-corrected chi connectivity index (χ1v) is 10.5. The van der Waals surface area contributed by atoms with E-state index in [0.717, 1.165) is 24.4 Å². The van der Waals surface area contributed by atoms with Crippen LogP contribution in [-0.4, -0.2) is 53.3 Å². The molecule has 0 aliphatic carbocycles. The van der Waals surface area contributed by atoms with Crippen molar-refractivity contribution >= 4 is 21.4 Å². The number of ether oxygens (including phenoxy) is 2. The molecular formula is C17H22N2O4S2. The molecule has 0 unspecified atom stereocenters. The van der Waals surface area contributed by atoms with Gasteiger partial charge in [0.25, 0.3) is 0 Å². The minimum atomic E-state index is -3.50. The lowest BCUT2D eigenvalue weighted by atomic mass is 10.0. The molecule has 6 nitrogen and oxygen atoms in total. The highest BCUT2D eigenvalue weighted by molar-refractivity contribution is 7.91. The Morgan fingerprint density at radius 1 is 1.28 bits per heavy atom. The zero-order chi connectivity index (χ0) is 17.7. The van der Waals surface area contributed by atoms with Gasteiger partial charge in [-0.1, -0.05) is 18.2 Å². The maximum atomic E-state index is 12.5. The molecule has 2 heterocycles. The largest absolute Gasteiger partial charge is 0.497 e. The molecule has 1 aromatic heterocycles. The van der Waals surface area contributed by atoms with Gasteiger partial charge in [-0.25, -0.2) is 13.1 Å². The van der Waals surface area contributed by atoms with Gasteiger partial charge in [0.1, 0.15) is 9.96 Å². The number of hydrogen-bond donors (Lipinski definition) is 1. The molecule has 0 bridgehead atoms. The maximum Gasteiger partial charge on any atom is 0.250 e. The average molecular weight is 383 g/mol. The number of benzene rings is 1. The Morgan fingerprint density at radius 3 is 2.76 bits per heavy atom. The Hall–Kier alpha value is -1.45. The van der Waals surface area contributed by atoms with Gasteiger partial charge in [0.15, 0.2) is 0 Å². The van der Waals surface area contributed by atoms with Crippen molar-refractivity contribution in [3.8, 4) is 5.75 Å². The topological polar surface area (TPSA) is 67.9 Å². The van der Waals surface area contributed by atoms with Crippen LogP contribution in [0.25, 0.3) is 0 Å². The van der Waals surface area contributed by atoms with Crippen LogP contribution in [0.15, 0.2) is 46.0 Å². The van der Waals surface area contributed by atoms with Crippen molar-refractivity contribution in [1.82, 2.24) is 9.62 Å². The van der Waals surface area contributed by atoms with Crippen molar-refractivity contribution < 1.29 is 17.9 Å². The molecule has 3 rings (SSSR count). The molecule has 8 heteroatoms. The summed E-state index contributed by atoms with van der Waals surface area (Å²) in [6.07, 6.45) is 0. The average Bonchev–Trinajstić information content (AvgIpc) is 3.19. The second kappa shape index (κ2) is 8.29. The van der Waals surface area contributed by atoms with Crippen LogP contribution in [0.4, 0.5) is 0 Å². The van der Waals surface area contributed by atoms with E-state index in [1.165, 1.54) is 11.3 Å². The third-order valence-electron chi connectivity index (χ3n) is 4.19. The monoisotopic (exact) mass is 382 g/mol. The van der Waals surface area contributed by atoms with Crippen molar-refractivity contribution in [1.29, 1.82) is 0 Å². The second-order valence-electron chi connectivity index (χ2n) is 5.72. The summed E-state index contributed by atoms with van der Waals surface area (Å²) in [5.41, 5.74) is 1.02. The fourth-order valence-electron chi connectivity index (χ4n) is 2.87. The van der Waals surface area contributed by atoms with Gasteiger partial charge in [-0.2, -0.15) is 0 Å². The highest BCUT2D eigenvalue weighted by atomic mass is 32.2. The number of morpholine rings is 1. The summed E-state index contributed by atoms with van der Waals surface area (Å²) in [4.78, 5) is 2.25. The smallest absolute Gasteiger partial charge is 0.250 e. The van der Waals surface area contributed by atoms with Crippen LogP contribution >= 0.6 is 11.3 Å². The fraction of sp³-hybridized carbons (Fsp3) is 0.412. The van der Waals surface area contributed by atoms with Crippen LogP contribution in [0, 0.1) is 0 Å². The third kappa shape index (κ3) is 4.59. The van der Waals surface area contributed by atoms with Crippen molar-refractivity contribution in [3.05, 3.63) is 47.3 Å². The Labute approximate surface area is 152 Å². The van der Waals surface area contributed by atoms with Gasteiger partial charge in [-0.3, -0.25) is 4.90 Å². The van der Waals surface area contributed by atoms with Crippen molar-refractivity contribution in [2.45, 2.75) is 10.3 Å². The second-order valence-corrected chi connectivity index (χ2v) is 8.67. The summed E-state index contributed by atoms with van der Waals surface area (Å²) >= 11 is 1.21. The minimum Gasteiger partial charge on any atom is -0.497 e. The van der Waals surface area contributed by atoms with Crippen LogP contribution in [0.2, 0.25) is 0 Å². The molecule has 2 aromatic rings. The summed E-state index contributed by atoms with van der Waals surface area (Å²) in [5.74, 6) is 0.761. The first kappa shape index (κ1) is 18.3. The molecule has 1 aliphatic heterocycles. The van der Waals surface area contributed by atoms with Crippen LogP contribution in [0.3, 0.4) is 0 Å². The zero-order valence-electron chi connectivity index (χ0n) is 14.1. The van der Waals surface area contributed by atoms with Gasteiger partial charge in [0.2, 0.25) is 10.0 Å². The summed E-state index contributed by atoms with van der Waals surface area (Å²) in [6, 6.07) is 11.0. The van der Waals surface area contributed by atoms with E-state index in [1.807, 2.05) is 24.3 Å². The molecule has 1 fully saturated rings. The van der Waals surface area contributed by atoms with E-state index in [4.69, 9.17) is 9.47 Å². The first-order chi connectivity index (χ1) is 12.1. The van der Waals surface area contributed by atoms with E-state index in [9.17, 15) is 8.42 Å². The summed E-state index contributed by atoms with van der Waals surface area (Å²) in [5, 5.41) is 1.76. The summed E-state index contributed by atoms with van der Waals surface area (Å²) < 4.78 is 38.8. The van der Waals surface area contributed by atoms with Gasteiger partial charge < -0.3 is 9.47 Å². The number of sulfonamides is 1.